The Kier molecular flexibility index (Phi) is 12.7. The molecule has 6 aliphatic rings. The van der Waals surface area contributed by atoms with Crippen molar-refractivity contribution >= 4 is 17.8 Å². The zero-order valence-electron chi connectivity index (χ0n) is 32.7. The number of rotatable bonds is 12. The predicted molar refractivity (Wildman–Crippen MR) is 193 cm³/mol. The van der Waals surface area contributed by atoms with Gasteiger partial charge in [-0.2, -0.15) is 5.06 Å². The molecule has 0 radical (unpaired) electrons. The highest BCUT2D eigenvalue weighted by atomic mass is 16.7. The van der Waals surface area contributed by atoms with E-state index < -0.39 is 24.2 Å². The first-order valence-electron chi connectivity index (χ1n) is 19.6. The number of hydrogen-bond donors (Lipinski definition) is 2. The summed E-state index contributed by atoms with van der Waals surface area (Å²) >= 11 is 0. The van der Waals surface area contributed by atoms with Crippen LogP contribution in [0.4, 0.5) is 0 Å². The van der Waals surface area contributed by atoms with Crippen molar-refractivity contribution in [3.8, 4) is 0 Å². The summed E-state index contributed by atoms with van der Waals surface area (Å²) < 4.78 is 12.2. The lowest BCUT2D eigenvalue weighted by atomic mass is 9.45. The topological polar surface area (TPSA) is 127 Å². The molecule has 0 aromatic rings. The van der Waals surface area contributed by atoms with Crippen LogP contribution in [0.25, 0.3) is 0 Å². The lowest BCUT2D eigenvalue weighted by Crippen LogP contribution is -2.62. The Bertz CT molecular complexity index is 1200. The van der Waals surface area contributed by atoms with E-state index in [1.54, 1.807) is 6.92 Å². The van der Waals surface area contributed by atoms with E-state index in [1.807, 2.05) is 31.0 Å². The fraction of sp³-hybridized carbons (Fsp3) is 0.923. The van der Waals surface area contributed by atoms with Gasteiger partial charge in [0.2, 0.25) is 11.8 Å². The summed E-state index contributed by atoms with van der Waals surface area (Å²) in [7, 11) is 8.09. The highest BCUT2D eigenvalue weighted by Crippen LogP contribution is 2.61. The van der Waals surface area contributed by atoms with Crippen LogP contribution in [-0.4, -0.2) is 117 Å². The molecule has 50 heavy (non-hydrogen) atoms. The maximum Gasteiger partial charge on any atom is 0.302 e. The van der Waals surface area contributed by atoms with Crippen LogP contribution in [0.2, 0.25) is 0 Å². The van der Waals surface area contributed by atoms with E-state index in [-0.39, 0.29) is 42.4 Å². The van der Waals surface area contributed by atoms with Gasteiger partial charge in [-0.25, -0.2) is 0 Å². The third-order valence-corrected chi connectivity index (χ3v) is 14.4. The van der Waals surface area contributed by atoms with Crippen LogP contribution < -0.4 is 11.1 Å². The fourth-order valence-electron chi connectivity index (χ4n) is 11.4. The van der Waals surface area contributed by atoms with Gasteiger partial charge in [-0.3, -0.25) is 19.2 Å². The number of amides is 2. The Balaban J connectivity index is 1.36. The molecule has 14 atom stereocenters. The summed E-state index contributed by atoms with van der Waals surface area (Å²) in [6.45, 7) is 13.5. The number of hydroxylamine groups is 2. The summed E-state index contributed by atoms with van der Waals surface area (Å²) in [5.74, 6) is 2.35. The van der Waals surface area contributed by atoms with E-state index in [0.717, 1.165) is 51.5 Å². The maximum atomic E-state index is 14.5. The van der Waals surface area contributed by atoms with Crippen molar-refractivity contribution in [3.63, 3.8) is 0 Å². The molecule has 5 saturated carbocycles. The second kappa shape index (κ2) is 16.1. The number of esters is 1. The maximum absolute atomic E-state index is 14.5. The summed E-state index contributed by atoms with van der Waals surface area (Å²) in [4.78, 5) is 49.6. The molecule has 2 amide bonds. The minimum Gasteiger partial charge on any atom is -0.462 e. The molecular weight excluding hydrogens is 634 g/mol. The smallest absolute Gasteiger partial charge is 0.302 e. The number of methoxy groups -OCH3 is 1. The average molecular weight is 704 g/mol. The van der Waals surface area contributed by atoms with Crippen molar-refractivity contribution in [1.29, 1.82) is 0 Å². The van der Waals surface area contributed by atoms with Crippen molar-refractivity contribution in [1.82, 2.24) is 20.2 Å². The number of nitrogens with zero attached hydrogens (tertiary/aromatic N) is 3. The zero-order valence-corrected chi connectivity index (χ0v) is 32.7. The molecule has 0 aromatic carbocycles. The third-order valence-electron chi connectivity index (χ3n) is 14.4. The first-order valence-corrected chi connectivity index (χ1v) is 19.6. The normalized spacial score (nSPS) is 40.5. The molecule has 6 fully saturated rings. The van der Waals surface area contributed by atoms with Crippen LogP contribution in [0, 0.1) is 52.8 Å². The second-order valence-electron chi connectivity index (χ2n) is 17.8. The molecule has 3 N–H and O–H groups in total. The van der Waals surface area contributed by atoms with Crippen molar-refractivity contribution in [2.45, 2.75) is 129 Å². The van der Waals surface area contributed by atoms with Crippen LogP contribution in [0.15, 0.2) is 0 Å². The van der Waals surface area contributed by atoms with Gasteiger partial charge in [0, 0.05) is 65.6 Å². The molecule has 0 spiro atoms. The lowest BCUT2D eigenvalue weighted by molar-refractivity contribution is -0.186. The Labute approximate surface area is 302 Å². The first-order chi connectivity index (χ1) is 23.6. The van der Waals surface area contributed by atoms with E-state index in [4.69, 9.17) is 20.0 Å². The Morgan fingerprint density at radius 2 is 1.78 bits per heavy atom. The molecule has 0 aromatic heterocycles. The highest BCUT2D eigenvalue weighted by Gasteiger charge is 2.58. The Morgan fingerprint density at radius 3 is 2.36 bits per heavy atom. The molecule has 1 saturated heterocycles. The first kappa shape index (κ1) is 39.4. The lowest BCUT2D eigenvalue weighted by Gasteiger charge is -2.62. The summed E-state index contributed by atoms with van der Waals surface area (Å²) in [5.41, 5.74) is 6.63. The van der Waals surface area contributed by atoms with Gasteiger partial charge in [0.05, 0.1) is 18.1 Å². The minimum atomic E-state index is -0.631. The highest BCUT2D eigenvalue weighted by molar-refractivity contribution is 5.83. The van der Waals surface area contributed by atoms with Crippen LogP contribution in [0.1, 0.15) is 92.9 Å². The van der Waals surface area contributed by atoms with Crippen molar-refractivity contribution < 1.29 is 28.7 Å². The van der Waals surface area contributed by atoms with Crippen LogP contribution in [-0.2, 0) is 28.7 Å². The van der Waals surface area contributed by atoms with E-state index in [0.29, 0.717) is 53.5 Å². The zero-order chi connectivity index (χ0) is 36.7. The van der Waals surface area contributed by atoms with Gasteiger partial charge >= 0.3 is 5.97 Å². The van der Waals surface area contributed by atoms with E-state index >= 15 is 0 Å². The van der Waals surface area contributed by atoms with Crippen LogP contribution in [0.5, 0.6) is 0 Å². The Morgan fingerprint density at radius 1 is 1.06 bits per heavy atom. The van der Waals surface area contributed by atoms with Crippen molar-refractivity contribution in [2.75, 3.05) is 47.9 Å². The van der Waals surface area contributed by atoms with E-state index in [2.05, 4.69) is 45.1 Å². The molecule has 286 valence electrons. The number of fused-ring (bicyclic) bond motifs is 2. The molecule has 5 aliphatic carbocycles. The molecule has 6 rings (SSSR count). The molecule has 1 heterocycles. The van der Waals surface area contributed by atoms with Crippen LogP contribution in [0.3, 0.4) is 0 Å². The van der Waals surface area contributed by atoms with Gasteiger partial charge in [0.15, 0.2) is 0 Å². The van der Waals surface area contributed by atoms with Crippen molar-refractivity contribution in [3.05, 3.63) is 0 Å². The molecule has 1 aliphatic heterocycles. The minimum absolute atomic E-state index is 0.0159. The van der Waals surface area contributed by atoms with Gasteiger partial charge in [-0.15, -0.1) is 0 Å². The number of hydrogen-bond acceptors (Lipinski definition) is 9. The number of carbonyl (C=O) groups is 3. The average Bonchev–Trinajstić information content (AvgIpc) is 3.43. The van der Waals surface area contributed by atoms with Gasteiger partial charge in [-0.05, 0) is 107 Å². The molecule has 2 bridgehead atoms. The third kappa shape index (κ3) is 8.07. The predicted octanol–water partition coefficient (Wildman–Crippen LogP) is 3.94. The molecule has 11 heteroatoms. The van der Waals surface area contributed by atoms with Crippen molar-refractivity contribution in [2.24, 2.45) is 58.5 Å². The number of carbonyl (C=O) groups excluding carboxylic acids is 3. The second-order valence-corrected chi connectivity index (χ2v) is 17.8. The Hall–Kier alpha value is -1.79. The summed E-state index contributed by atoms with van der Waals surface area (Å²) in [5, 5.41) is 5.37. The molecule has 6 unspecified atom stereocenters. The van der Waals surface area contributed by atoms with Gasteiger partial charge in [-0.1, -0.05) is 27.2 Å². The monoisotopic (exact) mass is 704 g/mol. The molecule has 11 nitrogen and oxygen atoms in total. The van der Waals surface area contributed by atoms with Crippen LogP contribution >= 0.6 is 0 Å². The molecular formula is C39H69N5O6. The number of nitrogens with two attached hydrogens (primary N) is 1. The number of ether oxygens (including phenoxy) is 2. The fourth-order valence-corrected chi connectivity index (χ4v) is 11.4. The summed E-state index contributed by atoms with van der Waals surface area (Å²) in [6.07, 6.45) is 7.74. The van der Waals surface area contributed by atoms with E-state index in [1.165, 1.54) is 13.3 Å². The van der Waals surface area contributed by atoms with Gasteiger partial charge < -0.3 is 30.3 Å². The van der Waals surface area contributed by atoms with E-state index in [9.17, 15) is 14.4 Å². The standard InChI is InChI=1S/C39H69N5O6/c1-22-32-17-29(39(32,5)6)18-33(22)41-38(47)36-35(23(2)49-25(4)46)34(19-40)50-44(36)21-27-12-11-13-31(37(27)48-10)28-14-26(20-43(9)24(3)45)15-30(16-28)42(7)8/h22-23,26-37H,11-21,40H2,1-10H3,(H,41,47)/t22-,23-,26?,27?,28?,29+,30?,31?,32-,33-,34-,35+,36-,37?/m0/s1. The SMILES string of the molecule is COC1C(CN2O[C@@H](CN)[C@@H]([C@H](C)OC(C)=O)[C@H]2C(=O)N[C@H]2C[C@H]3C[C@@H]([C@@H]2C)C3(C)C)CCCC1C1CC(CN(C)C(C)=O)CC(N(C)C)C1. The quantitative estimate of drug-likeness (QED) is 0.291. The summed E-state index contributed by atoms with van der Waals surface area (Å²) in [6, 6.07) is -0.0624. The van der Waals surface area contributed by atoms with Gasteiger partial charge in [0.25, 0.3) is 0 Å². The number of nitrogens with one attached hydrogen (secondary N) is 1. The largest absolute Gasteiger partial charge is 0.462 e. The van der Waals surface area contributed by atoms with Gasteiger partial charge in [0.1, 0.15) is 12.1 Å².